The third-order valence-electron chi connectivity index (χ3n) is 5.00. The number of piperazine rings is 1. The van der Waals surface area contributed by atoms with E-state index < -0.39 is 0 Å². The number of rotatable bonds is 4. The molecule has 4 rings (SSSR count). The van der Waals surface area contributed by atoms with E-state index in [0.29, 0.717) is 5.82 Å². The van der Waals surface area contributed by atoms with Gasteiger partial charge in [0.1, 0.15) is 5.82 Å². The normalized spacial score (nSPS) is 16.8. The van der Waals surface area contributed by atoms with Gasteiger partial charge in [-0.3, -0.25) is 9.88 Å². The summed E-state index contributed by atoms with van der Waals surface area (Å²) in [4.78, 5) is 18.5. The number of fused-ring (bicyclic) bond motifs is 1. The summed E-state index contributed by atoms with van der Waals surface area (Å²) in [5.74, 6) is 1.68. The molecule has 0 radical (unpaired) electrons. The lowest BCUT2D eigenvalue weighted by Crippen LogP contribution is -2.50. The minimum Gasteiger partial charge on any atom is -0.395 e. The summed E-state index contributed by atoms with van der Waals surface area (Å²) in [7, 11) is 0. The number of hydrogen-bond acceptors (Lipinski definition) is 6. The van der Waals surface area contributed by atoms with Crippen molar-refractivity contribution < 1.29 is 5.11 Å². The molecule has 1 N–H and O–H groups in total. The van der Waals surface area contributed by atoms with Crippen molar-refractivity contribution in [3.05, 3.63) is 48.8 Å². The molecule has 1 aliphatic rings. The van der Waals surface area contributed by atoms with Crippen LogP contribution >= 0.6 is 0 Å². The summed E-state index contributed by atoms with van der Waals surface area (Å²) in [6.45, 7) is 5.87. The fourth-order valence-corrected chi connectivity index (χ4v) is 3.42. The largest absolute Gasteiger partial charge is 0.395 e. The van der Waals surface area contributed by atoms with Gasteiger partial charge in [-0.2, -0.15) is 0 Å². The predicted molar refractivity (Wildman–Crippen MR) is 103 cm³/mol. The first-order valence-electron chi connectivity index (χ1n) is 9.03. The lowest BCUT2D eigenvalue weighted by atomic mass is 10.1. The second kappa shape index (κ2) is 7.35. The van der Waals surface area contributed by atoms with E-state index in [9.17, 15) is 5.11 Å². The molecule has 3 aromatic rings. The average molecular weight is 349 g/mol. The van der Waals surface area contributed by atoms with Gasteiger partial charge in [-0.05, 0) is 31.2 Å². The Kier molecular flexibility index (Phi) is 4.77. The fraction of sp³-hybridized carbons (Fsp3) is 0.350. The van der Waals surface area contributed by atoms with Crippen molar-refractivity contribution in [3.8, 4) is 11.4 Å². The number of aliphatic hydroxyl groups is 1. The first-order valence-corrected chi connectivity index (χ1v) is 9.03. The first kappa shape index (κ1) is 16.9. The highest BCUT2D eigenvalue weighted by molar-refractivity contribution is 5.91. The van der Waals surface area contributed by atoms with Crippen LogP contribution in [0, 0.1) is 0 Å². The van der Waals surface area contributed by atoms with Crippen LogP contribution in [0.4, 0.5) is 5.82 Å². The van der Waals surface area contributed by atoms with Gasteiger partial charge in [0.25, 0.3) is 0 Å². The van der Waals surface area contributed by atoms with E-state index in [1.54, 1.807) is 12.4 Å². The van der Waals surface area contributed by atoms with Gasteiger partial charge in [-0.15, -0.1) is 0 Å². The summed E-state index contributed by atoms with van der Waals surface area (Å²) in [5.41, 5.74) is 1.87. The smallest absolute Gasteiger partial charge is 0.163 e. The van der Waals surface area contributed by atoms with Crippen LogP contribution in [0.5, 0.6) is 0 Å². The molecule has 3 heterocycles. The summed E-state index contributed by atoms with van der Waals surface area (Å²) in [6.07, 6.45) is 3.56. The van der Waals surface area contributed by atoms with Gasteiger partial charge in [0.2, 0.25) is 0 Å². The zero-order valence-corrected chi connectivity index (χ0v) is 14.9. The molecule has 0 saturated carbocycles. The molecule has 1 atom stereocenters. The van der Waals surface area contributed by atoms with Crippen LogP contribution in [0.25, 0.3) is 22.3 Å². The van der Waals surface area contributed by atoms with Crippen molar-refractivity contribution in [2.24, 2.45) is 0 Å². The number of nitrogens with zero attached hydrogens (tertiary/aromatic N) is 5. The van der Waals surface area contributed by atoms with Gasteiger partial charge >= 0.3 is 0 Å². The second-order valence-electron chi connectivity index (χ2n) is 6.68. The van der Waals surface area contributed by atoms with Gasteiger partial charge in [-0.25, -0.2) is 9.97 Å². The topological polar surface area (TPSA) is 65.4 Å². The number of pyridine rings is 1. The fourth-order valence-electron chi connectivity index (χ4n) is 3.42. The number of benzene rings is 1. The molecule has 0 unspecified atom stereocenters. The summed E-state index contributed by atoms with van der Waals surface area (Å²) < 4.78 is 0. The van der Waals surface area contributed by atoms with Crippen molar-refractivity contribution in [1.29, 1.82) is 0 Å². The molecule has 6 nitrogen and oxygen atoms in total. The zero-order chi connectivity index (χ0) is 17.9. The second-order valence-corrected chi connectivity index (χ2v) is 6.68. The molecule has 26 heavy (non-hydrogen) atoms. The molecule has 0 bridgehead atoms. The zero-order valence-electron chi connectivity index (χ0n) is 14.9. The molecule has 0 aliphatic carbocycles. The Morgan fingerprint density at radius 1 is 1.04 bits per heavy atom. The minimum atomic E-state index is 0.196. The maximum atomic E-state index is 9.39. The Morgan fingerprint density at radius 2 is 1.85 bits per heavy atom. The number of anilines is 1. The van der Waals surface area contributed by atoms with Crippen molar-refractivity contribution in [2.45, 2.75) is 13.0 Å². The van der Waals surface area contributed by atoms with Crippen LogP contribution in [0.15, 0.2) is 48.8 Å². The summed E-state index contributed by atoms with van der Waals surface area (Å²) >= 11 is 0. The van der Waals surface area contributed by atoms with Crippen LogP contribution in [0.1, 0.15) is 6.92 Å². The van der Waals surface area contributed by atoms with Gasteiger partial charge in [0.15, 0.2) is 5.82 Å². The minimum absolute atomic E-state index is 0.196. The highest BCUT2D eigenvalue weighted by Gasteiger charge is 2.23. The van der Waals surface area contributed by atoms with E-state index in [1.807, 2.05) is 30.3 Å². The molecule has 0 amide bonds. The summed E-state index contributed by atoms with van der Waals surface area (Å²) in [5, 5.41) is 10.5. The van der Waals surface area contributed by atoms with E-state index in [4.69, 9.17) is 9.97 Å². The van der Waals surface area contributed by atoms with Crippen molar-refractivity contribution in [2.75, 3.05) is 37.7 Å². The average Bonchev–Trinajstić information content (AvgIpc) is 2.73. The van der Waals surface area contributed by atoms with Crippen LogP contribution in [0.3, 0.4) is 0 Å². The van der Waals surface area contributed by atoms with Gasteiger partial charge < -0.3 is 10.0 Å². The highest BCUT2D eigenvalue weighted by atomic mass is 16.3. The number of aliphatic hydroxyl groups excluding tert-OH is 1. The van der Waals surface area contributed by atoms with Crippen LogP contribution in [-0.2, 0) is 0 Å². The van der Waals surface area contributed by atoms with Crippen LogP contribution in [-0.4, -0.2) is 63.8 Å². The number of hydrogen-bond donors (Lipinski definition) is 1. The van der Waals surface area contributed by atoms with Gasteiger partial charge in [0.05, 0.1) is 12.1 Å². The van der Waals surface area contributed by atoms with Crippen LogP contribution < -0.4 is 4.90 Å². The molecule has 6 heteroatoms. The van der Waals surface area contributed by atoms with Gasteiger partial charge in [-0.1, -0.05) is 12.1 Å². The lowest BCUT2D eigenvalue weighted by molar-refractivity contribution is 0.128. The monoisotopic (exact) mass is 349 g/mol. The molecule has 2 aromatic heterocycles. The number of aromatic nitrogens is 3. The lowest BCUT2D eigenvalue weighted by Gasteiger charge is -2.38. The summed E-state index contributed by atoms with van der Waals surface area (Å²) in [6, 6.07) is 12.2. The molecule has 134 valence electrons. The quantitative estimate of drug-likeness (QED) is 0.779. The molecular weight excluding hydrogens is 326 g/mol. The Morgan fingerprint density at radius 3 is 2.58 bits per heavy atom. The predicted octanol–water partition coefficient (Wildman–Crippen LogP) is 2.19. The van der Waals surface area contributed by atoms with Crippen molar-refractivity contribution in [3.63, 3.8) is 0 Å². The Hall–Kier alpha value is -2.57. The molecule has 1 aliphatic heterocycles. The van der Waals surface area contributed by atoms with Crippen molar-refractivity contribution in [1.82, 2.24) is 19.9 Å². The highest BCUT2D eigenvalue weighted by Crippen LogP contribution is 2.28. The van der Waals surface area contributed by atoms with E-state index in [-0.39, 0.29) is 12.6 Å². The standard InChI is InChI=1S/C20H23N5O/c1-15(14-26)24-9-11-25(12-10-24)20-17-6-2-3-7-18(17)22-19(23-20)16-5-4-8-21-13-16/h2-8,13,15,26H,9-12,14H2,1H3/t15-/m0/s1. The van der Waals surface area contributed by atoms with Crippen molar-refractivity contribution >= 4 is 16.7 Å². The van der Waals surface area contributed by atoms with E-state index in [2.05, 4.69) is 27.8 Å². The molecule has 1 saturated heterocycles. The Balaban J connectivity index is 1.70. The maximum Gasteiger partial charge on any atom is 0.163 e. The molecule has 1 aromatic carbocycles. The van der Waals surface area contributed by atoms with Gasteiger partial charge in [0, 0.05) is 55.6 Å². The van der Waals surface area contributed by atoms with E-state index in [1.165, 1.54) is 0 Å². The molecule has 1 fully saturated rings. The SMILES string of the molecule is C[C@@H](CO)N1CCN(c2nc(-c3cccnc3)nc3ccccc23)CC1. The third kappa shape index (κ3) is 3.25. The maximum absolute atomic E-state index is 9.39. The molecular formula is C20H23N5O. The number of para-hydroxylation sites is 1. The van der Waals surface area contributed by atoms with E-state index >= 15 is 0 Å². The third-order valence-corrected chi connectivity index (χ3v) is 5.00. The molecule has 0 spiro atoms. The van der Waals surface area contributed by atoms with E-state index in [0.717, 1.165) is 48.5 Å². The Labute approximate surface area is 153 Å². The Bertz CT molecular complexity index is 878. The first-order chi connectivity index (χ1) is 12.8. The van der Waals surface area contributed by atoms with Crippen LogP contribution in [0.2, 0.25) is 0 Å².